The van der Waals surface area contributed by atoms with Crippen LogP contribution < -0.4 is 9.64 Å². The first-order valence-corrected chi connectivity index (χ1v) is 12.4. The van der Waals surface area contributed by atoms with E-state index in [9.17, 15) is 8.78 Å². The SMILES string of the molecule is FC(F)c1nc2ccccc2n1-c1nc(Oc2ccc(C3=NCCS3)cc2)nc(N2CCOCC2)n1. The standard InChI is InChI=1S/C24H21F2N7O2S/c25-19(26)20-28-17-3-1-2-4-18(17)33(20)23-29-22(32-10-12-34-13-11-32)30-24(31-23)35-16-7-5-15(6-8-16)21-27-9-14-36-21/h1-8,19H,9-14H2. The van der Waals surface area contributed by atoms with Crippen molar-refractivity contribution in [3.63, 3.8) is 0 Å². The first kappa shape index (κ1) is 22.8. The zero-order valence-corrected chi connectivity index (χ0v) is 19.9. The van der Waals surface area contributed by atoms with E-state index in [1.165, 1.54) is 4.57 Å². The summed E-state index contributed by atoms with van der Waals surface area (Å²) in [6, 6.07) is 14.4. The van der Waals surface area contributed by atoms with Gasteiger partial charge < -0.3 is 14.4 Å². The third kappa shape index (κ3) is 4.49. The molecule has 1 saturated heterocycles. The number of morpholine rings is 1. The third-order valence-electron chi connectivity index (χ3n) is 5.76. The van der Waals surface area contributed by atoms with E-state index in [1.54, 1.807) is 36.0 Å². The van der Waals surface area contributed by atoms with Crippen molar-refractivity contribution in [2.75, 3.05) is 43.5 Å². The van der Waals surface area contributed by atoms with Gasteiger partial charge in [-0.2, -0.15) is 15.0 Å². The summed E-state index contributed by atoms with van der Waals surface area (Å²) in [5.74, 6) is 1.38. The van der Waals surface area contributed by atoms with Gasteiger partial charge in [-0.15, -0.1) is 11.8 Å². The van der Waals surface area contributed by atoms with Crippen molar-refractivity contribution in [2.45, 2.75) is 6.43 Å². The minimum atomic E-state index is -2.82. The zero-order valence-electron chi connectivity index (χ0n) is 19.0. The van der Waals surface area contributed by atoms with E-state index in [1.807, 2.05) is 29.2 Å². The number of aliphatic imine (C=N–C) groups is 1. The highest BCUT2D eigenvalue weighted by Crippen LogP contribution is 2.29. The van der Waals surface area contributed by atoms with E-state index < -0.39 is 12.2 Å². The Balaban J connectivity index is 1.41. The van der Waals surface area contributed by atoms with Gasteiger partial charge in [0, 0.05) is 31.0 Å². The second-order valence-corrected chi connectivity index (χ2v) is 9.16. The van der Waals surface area contributed by atoms with Crippen LogP contribution in [0.1, 0.15) is 17.8 Å². The van der Waals surface area contributed by atoms with Crippen LogP contribution in [0.3, 0.4) is 0 Å². The van der Waals surface area contributed by atoms with Gasteiger partial charge in [0.05, 0.1) is 29.3 Å². The lowest BCUT2D eigenvalue weighted by atomic mass is 10.2. The summed E-state index contributed by atoms with van der Waals surface area (Å²) < 4.78 is 40.7. The summed E-state index contributed by atoms with van der Waals surface area (Å²) in [5, 5.41) is 1.00. The molecule has 0 bridgehead atoms. The number of rotatable bonds is 6. The number of ether oxygens (including phenoxy) is 2. The van der Waals surface area contributed by atoms with Gasteiger partial charge in [-0.1, -0.05) is 12.1 Å². The molecule has 2 aliphatic rings. The van der Waals surface area contributed by atoms with Gasteiger partial charge in [0.1, 0.15) is 5.75 Å². The average molecular weight is 510 g/mol. The Morgan fingerprint density at radius 2 is 1.69 bits per heavy atom. The highest BCUT2D eigenvalue weighted by molar-refractivity contribution is 8.14. The van der Waals surface area contributed by atoms with Crippen molar-refractivity contribution in [3.05, 3.63) is 59.9 Å². The number of nitrogens with zero attached hydrogens (tertiary/aromatic N) is 7. The highest BCUT2D eigenvalue weighted by atomic mass is 32.2. The smallest absolute Gasteiger partial charge is 0.328 e. The van der Waals surface area contributed by atoms with Crippen LogP contribution in [-0.4, -0.2) is 68.1 Å². The number of aromatic nitrogens is 5. The Labute approximate surface area is 209 Å². The minimum Gasteiger partial charge on any atom is -0.424 e. The second-order valence-electron chi connectivity index (χ2n) is 8.07. The molecule has 12 heteroatoms. The van der Waals surface area contributed by atoms with Crippen molar-refractivity contribution < 1.29 is 18.3 Å². The highest BCUT2D eigenvalue weighted by Gasteiger charge is 2.25. The molecule has 2 aromatic carbocycles. The van der Waals surface area contributed by atoms with Gasteiger partial charge in [0.2, 0.25) is 11.9 Å². The van der Waals surface area contributed by atoms with Crippen LogP contribution in [0.2, 0.25) is 0 Å². The summed E-state index contributed by atoms with van der Waals surface area (Å²) >= 11 is 1.72. The fraction of sp³-hybridized carbons (Fsp3) is 0.292. The van der Waals surface area contributed by atoms with Crippen LogP contribution in [0.5, 0.6) is 11.8 Å². The number of imidazole rings is 1. The Kier molecular flexibility index (Phi) is 6.20. The van der Waals surface area contributed by atoms with Crippen LogP contribution in [0.25, 0.3) is 17.0 Å². The van der Waals surface area contributed by atoms with Crippen LogP contribution in [0.4, 0.5) is 14.7 Å². The largest absolute Gasteiger partial charge is 0.424 e. The van der Waals surface area contributed by atoms with E-state index in [2.05, 4.69) is 24.9 Å². The normalized spacial score (nSPS) is 16.1. The first-order chi connectivity index (χ1) is 17.7. The molecule has 2 aliphatic heterocycles. The topological polar surface area (TPSA) is 90.5 Å². The van der Waals surface area contributed by atoms with E-state index in [-0.39, 0.29) is 12.0 Å². The molecule has 0 radical (unpaired) electrons. The molecule has 0 atom stereocenters. The quantitative estimate of drug-likeness (QED) is 0.381. The first-order valence-electron chi connectivity index (χ1n) is 11.5. The molecule has 1 fully saturated rings. The maximum absolute atomic E-state index is 14.0. The summed E-state index contributed by atoms with van der Waals surface area (Å²) in [6.07, 6.45) is -2.82. The van der Waals surface area contributed by atoms with Gasteiger partial charge in [-0.05, 0) is 36.4 Å². The molecule has 0 saturated carbocycles. The lowest BCUT2D eigenvalue weighted by molar-refractivity contribution is 0.122. The lowest BCUT2D eigenvalue weighted by Crippen LogP contribution is -2.37. The predicted octanol–water partition coefficient (Wildman–Crippen LogP) is 4.27. The van der Waals surface area contributed by atoms with Gasteiger partial charge in [0.15, 0.2) is 5.82 Å². The van der Waals surface area contributed by atoms with Crippen molar-refractivity contribution >= 4 is 33.8 Å². The van der Waals surface area contributed by atoms with E-state index >= 15 is 0 Å². The van der Waals surface area contributed by atoms with E-state index in [0.717, 1.165) is 22.9 Å². The minimum absolute atomic E-state index is 0.000166. The summed E-state index contributed by atoms with van der Waals surface area (Å²) in [7, 11) is 0. The molecule has 2 aromatic heterocycles. The maximum atomic E-state index is 14.0. The van der Waals surface area contributed by atoms with Gasteiger partial charge >= 0.3 is 6.01 Å². The molecule has 0 unspecified atom stereocenters. The Bertz CT molecular complexity index is 1420. The molecule has 36 heavy (non-hydrogen) atoms. The van der Waals surface area contributed by atoms with Gasteiger partial charge in [-0.3, -0.25) is 9.56 Å². The van der Waals surface area contributed by atoms with Crippen LogP contribution in [0.15, 0.2) is 53.5 Å². The monoisotopic (exact) mass is 509 g/mol. The molecule has 0 amide bonds. The van der Waals surface area contributed by atoms with Crippen LogP contribution in [0, 0.1) is 0 Å². The third-order valence-corrected chi connectivity index (χ3v) is 6.79. The van der Waals surface area contributed by atoms with Crippen LogP contribution >= 0.6 is 11.8 Å². The second kappa shape index (κ2) is 9.78. The number of benzene rings is 2. The number of hydrogen-bond donors (Lipinski definition) is 0. The lowest BCUT2D eigenvalue weighted by Gasteiger charge is -2.27. The van der Waals surface area contributed by atoms with Crippen molar-refractivity contribution in [3.8, 4) is 17.7 Å². The Hall–Kier alpha value is -3.64. The zero-order chi connectivity index (χ0) is 24.5. The number of anilines is 1. The van der Waals surface area contributed by atoms with Gasteiger partial charge in [-0.25, -0.2) is 13.8 Å². The molecule has 4 heterocycles. The van der Waals surface area contributed by atoms with Gasteiger partial charge in [0.25, 0.3) is 6.43 Å². The number of thioether (sulfide) groups is 1. The number of fused-ring (bicyclic) bond motifs is 1. The molecule has 4 aromatic rings. The summed E-state index contributed by atoms with van der Waals surface area (Å²) in [4.78, 5) is 24.0. The molecular formula is C24H21F2N7O2S. The van der Waals surface area contributed by atoms with Crippen LogP contribution in [-0.2, 0) is 4.74 Å². The molecule has 0 N–H and O–H groups in total. The van der Waals surface area contributed by atoms with Crippen molar-refractivity contribution in [1.29, 1.82) is 0 Å². The maximum Gasteiger partial charge on any atom is 0.328 e. The van der Waals surface area contributed by atoms with E-state index in [0.29, 0.717) is 49.0 Å². The molecular weight excluding hydrogens is 488 g/mol. The molecule has 0 aliphatic carbocycles. The fourth-order valence-corrected chi connectivity index (χ4v) is 4.93. The number of hydrogen-bond acceptors (Lipinski definition) is 9. The Morgan fingerprint density at radius 3 is 2.44 bits per heavy atom. The molecule has 184 valence electrons. The number of alkyl halides is 2. The summed E-state index contributed by atoms with van der Waals surface area (Å²) in [6.45, 7) is 2.96. The van der Waals surface area contributed by atoms with Crippen molar-refractivity contribution in [2.24, 2.45) is 4.99 Å². The fourth-order valence-electron chi connectivity index (χ4n) is 4.07. The van der Waals surface area contributed by atoms with E-state index in [4.69, 9.17) is 9.47 Å². The Morgan fingerprint density at radius 1 is 0.917 bits per heavy atom. The molecule has 0 spiro atoms. The molecule has 9 nitrogen and oxygen atoms in total. The molecule has 6 rings (SSSR count). The number of halogens is 2. The average Bonchev–Trinajstić information content (AvgIpc) is 3.58. The van der Waals surface area contributed by atoms with Crippen molar-refractivity contribution in [1.82, 2.24) is 24.5 Å². The number of para-hydroxylation sites is 2. The predicted molar refractivity (Wildman–Crippen MR) is 133 cm³/mol. The summed E-state index contributed by atoms with van der Waals surface area (Å²) in [5.41, 5.74) is 1.91.